The molecule has 4 heteroatoms. The summed E-state index contributed by atoms with van der Waals surface area (Å²) in [4.78, 5) is 27.9. The van der Waals surface area contributed by atoms with E-state index in [0.717, 1.165) is 37.8 Å². The molecule has 1 aliphatic carbocycles. The van der Waals surface area contributed by atoms with Crippen LogP contribution in [0.5, 0.6) is 0 Å². The van der Waals surface area contributed by atoms with Gasteiger partial charge in [-0.15, -0.1) is 6.58 Å². The smallest absolute Gasteiger partial charge is 0.228 e. The molecule has 0 spiro atoms. The molecule has 2 aromatic carbocycles. The summed E-state index contributed by atoms with van der Waals surface area (Å²) in [6.07, 6.45) is 5.99. The van der Waals surface area contributed by atoms with Gasteiger partial charge in [-0.2, -0.15) is 0 Å². The summed E-state index contributed by atoms with van der Waals surface area (Å²) >= 11 is 0. The lowest BCUT2D eigenvalue weighted by molar-refractivity contribution is -0.142. The molecule has 2 fully saturated rings. The molecule has 2 aliphatic rings. The second kappa shape index (κ2) is 8.86. The van der Waals surface area contributed by atoms with Gasteiger partial charge in [0.15, 0.2) is 0 Å². The highest BCUT2D eigenvalue weighted by Crippen LogP contribution is 2.38. The zero-order chi connectivity index (χ0) is 21.0. The molecule has 2 amide bonds. The Morgan fingerprint density at radius 2 is 1.77 bits per heavy atom. The average molecular weight is 403 g/mol. The van der Waals surface area contributed by atoms with Gasteiger partial charge in [0.2, 0.25) is 11.8 Å². The van der Waals surface area contributed by atoms with E-state index in [1.165, 1.54) is 11.1 Å². The van der Waals surface area contributed by atoms with Crippen LogP contribution in [0.15, 0.2) is 67.3 Å². The monoisotopic (exact) mass is 402 g/mol. The Labute approximate surface area is 179 Å². The van der Waals surface area contributed by atoms with Crippen LogP contribution in [0.2, 0.25) is 0 Å². The molecule has 156 valence electrons. The van der Waals surface area contributed by atoms with E-state index in [4.69, 9.17) is 0 Å². The van der Waals surface area contributed by atoms with Crippen molar-refractivity contribution in [2.45, 2.75) is 32.1 Å². The van der Waals surface area contributed by atoms with Crippen LogP contribution in [0.4, 0.5) is 0 Å². The number of carbonyl (C=O) groups is 2. The van der Waals surface area contributed by atoms with Crippen LogP contribution in [0.25, 0.3) is 11.1 Å². The minimum Gasteiger partial charge on any atom is -0.352 e. The van der Waals surface area contributed by atoms with E-state index in [-0.39, 0.29) is 17.7 Å². The molecule has 4 rings (SSSR count). The summed E-state index contributed by atoms with van der Waals surface area (Å²) in [6.45, 7) is 5.44. The van der Waals surface area contributed by atoms with E-state index < -0.39 is 5.41 Å². The molecule has 30 heavy (non-hydrogen) atoms. The highest BCUT2D eigenvalue weighted by molar-refractivity contribution is 5.86. The van der Waals surface area contributed by atoms with E-state index in [1.54, 1.807) is 6.08 Å². The Bertz CT molecular complexity index is 902. The van der Waals surface area contributed by atoms with Crippen molar-refractivity contribution in [3.8, 4) is 11.1 Å². The Hall–Kier alpha value is -2.88. The van der Waals surface area contributed by atoms with Crippen LogP contribution in [-0.4, -0.2) is 36.3 Å². The predicted octanol–water partition coefficient (Wildman–Crippen LogP) is 4.22. The fourth-order valence-electron chi connectivity index (χ4n) is 4.51. The van der Waals surface area contributed by atoms with Gasteiger partial charge in [0, 0.05) is 25.6 Å². The first-order valence-corrected chi connectivity index (χ1v) is 10.9. The standard InChI is InChI=1S/C26H30N2O2/c1-2-16-27-25(30)26(15-6-17-28(19-26)24(29)23-13-14-23)18-20-9-11-22(12-10-20)21-7-4-3-5-8-21/h2-5,7-12,23H,1,6,13-19H2,(H,27,30). The molecule has 2 aromatic rings. The van der Waals surface area contributed by atoms with Gasteiger partial charge in [-0.3, -0.25) is 9.59 Å². The average Bonchev–Trinajstić information content (AvgIpc) is 3.64. The first-order chi connectivity index (χ1) is 14.6. The van der Waals surface area contributed by atoms with Crippen molar-refractivity contribution in [2.75, 3.05) is 19.6 Å². The van der Waals surface area contributed by atoms with Gasteiger partial charge in [0.25, 0.3) is 0 Å². The number of benzene rings is 2. The lowest BCUT2D eigenvalue weighted by Gasteiger charge is -2.42. The third-order valence-corrected chi connectivity index (χ3v) is 6.31. The van der Waals surface area contributed by atoms with Crippen molar-refractivity contribution in [1.29, 1.82) is 0 Å². The summed E-state index contributed by atoms with van der Waals surface area (Å²) in [5.74, 6) is 0.444. The van der Waals surface area contributed by atoms with E-state index in [9.17, 15) is 9.59 Å². The van der Waals surface area contributed by atoms with Gasteiger partial charge in [0.05, 0.1) is 5.41 Å². The zero-order valence-electron chi connectivity index (χ0n) is 17.5. The van der Waals surface area contributed by atoms with Crippen LogP contribution in [0, 0.1) is 11.3 Å². The van der Waals surface area contributed by atoms with Crippen molar-refractivity contribution in [3.63, 3.8) is 0 Å². The Balaban J connectivity index is 1.55. The molecule has 4 nitrogen and oxygen atoms in total. The van der Waals surface area contributed by atoms with Gasteiger partial charge in [-0.25, -0.2) is 0 Å². The second-order valence-corrected chi connectivity index (χ2v) is 8.66. The van der Waals surface area contributed by atoms with Crippen molar-refractivity contribution < 1.29 is 9.59 Å². The topological polar surface area (TPSA) is 49.4 Å². The fourth-order valence-corrected chi connectivity index (χ4v) is 4.51. The SMILES string of the molecule is C=CCNC(=O)C1(Cc2ccc(-c3ccccc3)cc2)CCCN(C(=O)C2CC2)C1. The molecule has 1 unspecified atom stereocenters. The zero-order valence-corrected chi connectivity index (χ0v) is 17.5. The molecular formula is C26H30N2O2. The molecule has 0 aromatic heterocycles. The van der Waals surface area contributed by atoms with Crippen molar-refractivity contribution in [1.82, 2.24) is 10.2 Å². The molecule has 1 aliphatic heterocycles. The van der Waals surface area contributed by atoms with Crippen LogP contribution < -0.4 is 5.32 Å². The Kier molecular flexibility index (Phi) is 6.03. The summed E-state index contributed by atoms with van der Waals surface area (Å²) in [6, 6.07) is 18.8. The maximum atomic E-state index is 13.2. The summed E-state index contributed by atoms with van der Waals surface area (Å²) in [7, 11) is 0. The number of nitrogens with zero attached hydrogens (tertiary/aromatic N) is 1. The molecule has 1 heterocycles. The number of hydrogen-bond donors (Lipinski definition) is 1. The van der Waals surface area contributed by atoms with E-state index >= 15 is 0 Å². The lowest BCUT2D eigenvalue weighted by atomic mass is 9.74. The first-order valence-electron chi connectivity index (χ1n) is 10.9. The summed E-state index contributed by atoms with van der Waals surface area (Å²) in [5, 5.41) is 3.01. The molecule has 1 saturated heterocycles. The van der Waals surface area contributed by atoms with Gasteiger partial charge >= 0.3 is 0 Å². The minimum absolute atomic E-state index is 0.0304. The van der Waals surface area contributed by atoms with Gasteiger partial charge in [-0.05, 0) is 48.8 Å². The number of hydrogen-bond acceptors (Lipinski definition) is 2. The Morgan fingerprint density at radius 3 is 2.43 bits per heavy atom. The molecule has 1 saturated carbocycles. The van der Waals surface area contributed by atoms with Crippen LogP contribution in [-0.2, 0) is 16.0 Å². The van der Waals surface area contributed by atoms with E-state index in [0.29, 0.717) is 19.5 Å². The van der Waals surface area contributed by atoms with Gasteiger partial charge < -0.3 is 10.2 Å². The maximum absolute atomic E-state index is 13.2. The number of rotatable bonds is 7. The van der Waals surface area contributed by atoms with Crippen molar-refractivity contribution >= 4 is 11.8 Å². The predicted molar refractivity (Wildman–Crippen MR) is 120 cm³/mol. The second-order valence-electron chi connectivity index (χ2n) is 8.66. The van der Waals surface area contributed by atoms with E-state index in [2.05, 4.69) is 48.3 Å². The van der Waals surface area contributed by atoms with Gasteiger partial charge in [0.1, 0.15) is 0 Å². The first kappa shape index (κ1) is 20.4. The summed E-state index contributed by atoms with van der Waals surface area (Å²) < 4.78 is 0. The number of likely N-dealkylation sites (tertiary alicyclic amines) is 1. The Morgan fingerprint density at radius 1 is 1.07 bits per heavy atom. The number of carbonyl (C=O) groups excluding carboxylic acids is 2. The quantitative estimate of drug-likeness (QED) is 0.705. The third kappa shape index (κ3) is 4.48. The van der Waals surface area contributed by atoms with Crippen LogP contribution in [0.1, 0.15) is 31.2 Å². The largest absolute Gasteiger partial charge is 0.352 e. The highest BCUT2D eigenvalue weighted by atomic mass is 16.2. The van der Waals surface area contributed by atoms with Gasteiger partial charge in [-0.1, -0.05) is 60.7 Å². The summed E-state index contributed by atoms with van der Waals surface area (Å²) in [5.41, 5.74) is 2.89. The minimum atomic E-state index is -0.583. The third-order valence-electron chi connectivity index (χ3n) is 6.31. The number of piperidine rings is 1. The lowest BCUT2D eigenvalue weighted by Crippen LogP contribution is -2.54. The van der Waals surface area contributed by atoms with Crippen LogP contribution >= 0.6 is 0 Å². The molecule has 1 atom stereocenters. The fraction of sp³-hybridized carbons (Fsp3) is 0.385. The van der Waals surface area contributed by atoms with Crippen molar-refractivity contribution in [2.24, 2.45) is 11.3 Å². The highest BCUT2D eigenvalue weighted by Gasteiger charge is 2.45. The maximum Gasteiger partial charge on any atom is 0.228 e. The number of amides is 2. The van der Waals surface area contributed by atoms with Crippen molar-refractivity contribution in [3.05, 3.63) is 72.8 Å². The molecular weight excluding hydrogens is 372 g/mol. The molecule has 0 bridgehead atoms. The van der Waals surface area contributed by atoms with E-state index in [1.807, 2.05) is 23.1 Å². The van der Waals surface area contributed by atoms with Crippen LogP contribution in [0.3, 0.4) is 0 Å². The molecule has 0 radical (unpaired) electrons. The normalized spacial score (nSPS) is 21.1. The molecule has 1 N–H and O–H groups in total. The number of nitrogens with one attached hydrogen (secondary N) is 1.